The number of carbonyl (C=O) groups excluding carboxylic acids is 1. The number of aryl methyl sites for hydroxylation is 1. The molecule has 0 spiro atoms. The van der Waals surface area contributed by atoms with E-state index in [1.54, 1.807) is 13.0 Å². The van der Waals surface area contributed by atoms with Crippen LogP contribution in [0.3, 0.4) is 0 Å². The number of nitro groups is 1. The van der Waals surface area contributed by atoms with Crippen LogP contribution in [0.1, 0.15) is 15.9 Å². The Kier molecular flexibility index (Phi) is 3.74. The number of hydrogen-bond acceptors (Lipinski definition) is 4. The summed E-state index contributed by atoms with van der Waals surface area (Å²) in [6.07, 6.45) is 0.431. The number of aldehydes is 1. The molecule has 2 aromatic carbocycles. The molecule has 0 aliphatic carbocycles. The van der Waals surface area contributed by atoms with Crippen molar-refractivity contribution < 1.29 is 18.8 Å². The van der Waals surface area contributed by atoms with Gasteiger partial charge in [0.15, 0.2) is 6.29 Å². The Morgan fingerprint density at radius 3 is 2.60 bits per heavy atom. The average molecular weight is 275 g/mol. The number of carbonyl (C=O) groups is 1. The molecule has 5 nitrogen and oxygen atoms in total. The van der Waals surface area contributed by atoms with Crippen molar-refractivity contribution in [3.8, 4) is 11.5 Å². The fraction of sp³-hybridized carbons (Fsp3) is 0.0714. The predicted octanol–water partition coefficient (Wildman–Crippen LogP) is 3.65. The normalized spacial score (nSPS) is 10.1. The smallest absolute Gasteiger partial charge is 0.311 e. The van der Waals surface area contributed by atoms with E-state index >= 15 is 0 Å². The molecule has 0 aromatic heterocycles. The number of nitro benzene ring substituents is 1. The highest BCUT2D eigenvalue weighted by Gasteiger charge is 2.17. The van der Waals surface area contributed by atoms with E-state index < -0.39 is 10.7 Å². The highest BCUT2D eigenvalue weighted by atomic mass is 19.1. The molecule has 2 aromatic rings. The second-order valence-electron chi connectivity index (χ2n) is 4.13. The molecule has 2 rings (SSSR count). The van der Waals surface area contributed by atoms with E-state index in [4.69, 9.17) is 4.74 Å². The van der Waals surface area contributed by atoms with Gasteiger partial charge in [-0.3, -0.25) is 14.9 Å². The Labute approximate surface area is 113 Å². The number of rotatable bonds is 4. The van der Waals surface area contributed by atoms with E-state index in [0.717, 1.165) is 17.7 Å². The maximum absolute atomic E-state index is 13.0. The Morgan fingerprint density at radius 1 is 1.20 bits per heavy atom. The van der Waals surface area contributed by atoms with E-state index in [1.165, 1.54) is 18.2 Å². The van der Waals surface area contributed by atoms with Crippen molar-refractivity contribution in [2.45, 2.75) is 6.92 Å². The summed E-state index contributed by atoms with van der Waals surface area (Å²) < 4.78 is 18.4. The molecule has 0 bridgehead atoms. The maximum atomic E-state index is 13.0. The average Bonchev–Trinajstić information content (AvgIpc) is 2.40. The lowest BCUT2D eigenvalue weighted by Crippen LogP contribution is -1.96. The first kappa shape index (κ1) is 13.7. The van der Waals surface area contributed by atoms with Crippen LogP contribution in [0, 0.1) is 22.9 Å². The Morgan fingerprint density at radius 2 is 1.95 bits per heavy atom. The van der Waals surface area contributed by atoms with Crippen LogP contribution in [0.4, 0.5) is 10.1 Å². The molecular weight excluding hydrogens is 265 g/mol. The zero-order valence-electron chi connectivity index (χ0n) is 10.5. The lowest BCUT2D eigenvalue weighted by molar-refractivity contribution is -0.385. The quantitative estimate of drug-likeness (QED) is 0.485. The van der Waals surface area contributed by atoms with E-state index in [-0.39, 0.29) is 22.7 Å². The molecule has 102 valence electrons. The molecule has 0 aliphatic rings. The Balaban J connectivity index is 2.46. The molecule has 0 fully saturated rings. The van der Waals surface area contributed by atoms with Gasteiger partial charge < -0.3 is 4.74 Å². The van der Waals surface area contributed by atoms with Crippen molar-refractivity contribution in [1.82, 2.24) is 0 Å². The largest absolute Gasteiger partial charge is 0.449 e. The molecule has 0 atom stereocenters. The molecule has 0 unspecified atom stereocenters. The first-order chi connectivity index (χ1) is 9.51. The van der Waals surface area contributed by atoms with Crippen molar-refractivity contribution in [1.29, 1.82) is 0 Å². The third-order valence-corrected chi connectivity index (χ3v) is 2.63. The molecular formula is C14H10FNO4. The molecule has 0 saturated heterocycles. The van der Waals surface area contributed by atoms with E-state index in [9.17, 15) is 19.3 Å². The maximum Gasteiger partial charge on any atom is 0.311 e. The van der Waals surface area contributed by atoms with Crippen molar-refractivity contribution in [3.63, 3.8) is 0 Å². The molecule has 0 radical (unpaired) electrons. The predicted molar refractivity (Wildman–Crippen MR) is 69.7 cm³/mol. The van der Waals surface area contributed by atoms with Gasteiger partial charge in [-0.2, -0.15) is 0 Å². The summed E-state index contributed by atoms with van der Waals surface area (Å²) in [6, 6.07) is 7.75. The summed E-state index contributed by atoms with van der Waals surface area (Å²) in [7, 11) is 0. The van der Waals surface area contributed by atoms with Crippen LogP contribution in [0.25, 0.3) is 0 Å². The Bertz CT molecular complexity index is 685. The molecule has 20 heavy (non-hydrogen) atoms. The van der Waals surface area contributed by atoms with Crippen LogP contribution in [-0.2, 0) is 0 Å². The van der Waals surface area contributed by atoms with Gasteiger partial charge in [0, 0.05) is 6.07 Å². The SMILES string of the molecule is Cc1ccc([N+](=O)[O-])c(Oc2ccc(F)cc2C=O)c1. The topological polar surface area (TPSA) is 69.4 Å². The van der Waals surface area contributed by atoms with Crippen LogP contribution in [0.5, 0.6) is 11.5 Å². The van der Waals surface area contributed by atoms with Crippen LogP contribution >= 0.6 is 0 Å². The first-order valence-corrected chi connectivity index (χ1v) is 5.69. The van der Waals surface area contributed by atoms with Gasteiger partial charge in [0.2, 0.25) is 5.75 Å². The van der Waals surface area contributed by atoms with Gasteiger partial charge in [0.25, 0.3) is 0 Å². The van der Waals surface area contributed by atoms with E-state index in [0.29, 0.717) is 6.29 Å². The van der Waals surface area contributed by atoms with Gasteiger partial charge in [-0.1, -0.05) is 6.07 Å². The van der Waals surface area contributed by atoms with Crippen molar-refractivity contribution in [2.75, 3.05) is 0 Å². The Hall–Kier alpha value is -2.76. The summed E-state index contributed by atoms with van der Waals surface area (Å²) in [5.41, 5.74) is 0.526. The minimum Gasteiger partial charge on any atom is -0.449 e. The van der Waals surface area contributed by atoms with Gasteiger partial charge in [0.05, 0.1) is 10.5 Å². The summed E-state index contributed by atoms with van der Waals surface area (Å²) >= 11 is 0. The second-order valence-corrected chi connectivity index (χ2v) is 4.13. The molecule has 0 heterocycles. The lowest BCUT2D eigenvalue weighted by atomic mass is 10.2. The summed E-state index contributed by atoms with van der Waals surface area (Å²) in [6.45, 7) is 1.75. The van der Waals surface area contributed by atoms with Crippen LogP contribution in [-0.4, -0.2) is 11.2 Å². The van der Waals surface area contributed by atoms with Crippen molar-refractivity contribution >= 4 is 12.0 Å². The summed E-state index contributed by atoms with van der Waals surface area (Å²) in [4.78, 5) is 21.2. The highest BCUT2D eigenvalue weighted by Crippen LogP contribution is 2.33. The number of hydrogen-bond donors (Lipinski definition) is 0. The lowest BCUT2D eigenvalue weighted by Gasteiger charge is -2.09. The number of benzene rings is 2. The fourth-order valence-electron chi connectivity index (χ4n) is 1.68. The zero-order chi connectivity index (χ0) is 14.7. The minimum absolute atomic E-state index is 0.00436. The van der Waals surface area contributed by atoms with Gasteiger partial charge in [-0.15, -0.1) is 0 Å². The number of nitrogens with zero attached hydrogens (tertiary/aromatic N) is 1. The van der Waals surface area contributed by atoms with Crippen molar-refractivity contribution in [3.05, 3.63) is 63.5 Å². The standard InChI is InChI=1S/C14H10FNO4/c1-9-2-4-12(16(18)19)14(6-9)20-13-5-3-11(15)7-10(13)8-17/h2-8H,1H3. The van der Waals surface area contributed by atoms with Gasteiger partial charge in [-0.25, -0.2) is 4.39 Å². The minimum atomic E-state index is -0.585. The van der Waals surface area contributed by atoms with Crippen LogP contribution < -0.4 is 4.74 Å². The third-order valence-electron chi connectivity index (χ3n) is 2.63. The molecule has 6 heteroatoms. The van der Waals surface area contributed by atoms with E-state index in [2.05, 4.69) is 0 Å². The molecule has 0 N–H and O–H groups in total. The molecule has 0 amide bonds. The van der Waals surface area contributed by atoms with Gasteiger partial charge in [0.1, 0.15) is 11.6 Å². The number of ether oxygens (including phenoxy) is 1. The number of halogens is 1. The summed E-state index contributed by atoms with van der Waals surface area (Å²) in [5.74, 6) is -0.516. The van der Waals surface area contributed by atoms with Crippen LogP contribution in [0.2, 0.25) is 0 Å². The van der Waals surface area contributed by atoms with Gasteiger partial charge >= 0.3 is 5.69 Å². The third kappa shape index (κ3) is 2.80. The van der Waals surface area contributed by atoms with Crippen LogP contribution in [0.15, 0.2) is 36.4 Å². The second kappa shape index (κ2) is 5.48. The van der Waals surface area contributed by atoms with Gasteiger partial charge in [-0.05, 0) is 36.8 Å². The fourth-order valence-corrected chi connectivity index (χ4v) is 1.68. The first-order valence-electron chi connectivity index (χ1n) is 5.69. The molecule has 0 saturated carbocycles. The highest BCUT2D eigenvalue weighted by molar-refractivity contribution is 5.79. The monoisotopic (exact) mass is 275 g/mol. The summed E-state index contributed by atoms with van der Waals surface area (Å²) in [5, 5.41) is 10.9. The van der Waals surface area contributed by atoms with Crippen molar-refractivity contribution in [2.24, 2.45) is 0 Å². The molecule has 0 aliphatic heterocycles. The van der Waals surface area contributed by atoms with E-state index in [1.807, 2.05) is 0 Å². The zero-order valence-corrected chi connectivity index (χ0v) is 10.5.